The number of nitrogens with zero attached hydrogens (tertiary/aromatic N) is 3. The molecule has 0 spiro atoms. The molecule has 0 bridgehead atoms. The molecule has 1 N–H and O–H groups in total. The average molecular weight is 391 g/mol. The fourth-order valence-corrected chi connectivity index (χ4v) is 3.84. The van der Waals surface area contributed by atoms with Gasteiger partial charge in [0.05, 0.1) is 17.6 Å². The molecule has 0 atom stereocenters. The zero-order valence-corrected chi connectivity index (χ0v) is 16.6. The minimum Gasteiger partial charge on any atom is -0.508 e. The number of phenolic OH excluding ortho intramolecular Hbond substituents is 1. The lowest BCUT2D eigenvalue weighted by Crippen LogP contribution is -2.09. The number of para-hydroxylation sites is 2. The third-order valence-corrected chi connectivity index (χ3v) is 5.34. The molecule has 1 heterocycles. The van der Waals surface area contributed by atoms with Gasteiger partial charge in [0.2, 0.25) is 0 Å². The Labute approximate surface area is 174 Å². The molecule has 4 heteroatoms. The molecule has 0 saturated carbocycles. The summed E-state index contributed by atoms with van der Waals surface area (Å²) < 4.78 is 2.15. The number of anilines is 2. The van der Waals surface area contributed by atoms with Crippen molar-refractivity contribution in [2.75, 3.05) is 5.01 Å². The van der Waals surface area contributed by atoms with Crippen molar-refractivity contribution in [2.24, 2.45) is 12.1 Å². The second kappa shape index (κ2) is 7.41. The van der Waals surface area contributed by atoms with Crippen molar-refractivity contribution in [2.45, 2.75) is 0 Å². The highest BCUT2D eigenvalue weighted by molar-refractivity contribution is 6.09. The van der Waals surface area contributed by atoms with Crippen LogP contribution in [0.25, 0.3) is 21.8 Å². The number of aryl methyl sites for hydroxylation is 1. The van der Waals surface area contributed by atoms with Crippen LogP contribution in [-0.4, -0.2) is 15.9 Å². The maximum Gasteiger partial charge on any atom is 0.116 e. The van der Waals surface area contributed by atoms with E-state index < -0.39 is 0 Å². The van der Waals surface area contributed by atoms with Gasteiger partial charge in [-0.05, 0) is 54.1 Å². The van der Waals surface area contributed by atoms with Crippen LogP contribution in [0.1, 0.15) is 5.56 Å². The lowest BCUT2D eigenvalue weighted by atomic mass is 10.1. The van der Waals surface area contributed by atoms with E-state index in [9.17, 15) is 5.11 Å². The van der Waals surface area contributed by atoms with Gasteiger partial charge in [-0.25, -0.2) is 5.01 Å². The lowest BCUT2D eigenvalue weighted by molar-refractivity contribution is 0.476. The Balaban J connectivity index is 1.57. The summed E-state index contributed by atoms with van der Waals surface area (Å²) in [5, 5.41) is 18.8. The van der Waals surface area contributed by atoms with Crippen LogP contribution in [-0.2, 0) is 7.05 Å². The van der Waals surface area contributed by atoms with Gasteiger partial charge >= 0.3 is 0 Å². The Morgan fingerprint density at radius 2 is 1.40 bits per heavy atom. The second-order valence-electron chi connectivity index (χ2n) is 7.26. The van der Waals surface area contributed by atoms with Gasteiger partial charge in [0, 0.05) is 28.9 Å². The highest BCUT2D eigenvalue weighted by atomic mass is 16.3. The summed E-state index contributed by atoms with van der Waals surface area (Å²) in [6.45, 7) is 0. The molecule has 0 aliphatic rings. The zero-order chi connectivity index (χ0) is 20.5. The third-order valence-electron chi connectivity index (χ3n) is 5.34. The number of hydrazone groups is 1. The number of phenols is 1. The summed E-state index contributed by atoms with van der Waals surface area (Å²) in [6, 6.07) is 32.0. The lowest BCUT2D eigenvalue weighted by Gasteiger charge is -2.19. The number of fused-ring (bicyclic) bond motifs is 3. The number of hydrogen-bond donors (Lipinski definition) is 1. The number of rotatable bonds is 4. The Hall–Kier alpha value is -4.05. The molecule has 0 unspecified atom stereocenters. The van der Waals surface area contributed by atoms with E-state index in [0.29, 0.717) is 0 Å². The van der Waals surface area contributed by atoms with Gasteiger partial charge in [0.25, 0.3) is 0 Å². The molecular formula is C26H21N3O. The fourth-order valence-electron chi connectivity index (χ4n) is 3.84. The Morgan fingerprint density at radius 1 is 0.733 bits per heavy atom. The van der Waals surface area contributed by atoms with E-state index in [4.69, 9.17) is 5.10 Å². The van der Waals surface area contributed by atoms with Crippen molar-refractivity contribution in [1.82, 2.24) is 4.57 Å². The third kappa shape index (κ3) is 3.18. The molecule has 0 amide bonds. The van der Waals surface area contributed by atoms with Gasteiger partial charge in [-0.1, -0.05) is 48.5 Å². The summed E-state index contributed by atoms with van der Waals surface area (Å²) in [4.78, 5) is 0. The van der Waals surface area contributed by atoms with Crippen LogP contribution < -0.4 is 5.01 Å². The molecular weight excluding hydrogens is 370 g/mol. The van der Waals surface area contributed by atoms with E-state index in [-0.39, 0.29) is 5.75 Å². The van der Waals surface area contributed by atoms with E-state index >= 15 is 0 Å². The van der Waals surface area contributed by atoms with Crippen molar-refractivity contribution in [1.29, 1.82) is 0 Å². The summed E-state index contributed by atoms with van der Waals surface area (Å²) in [5.41, 5.74) is 5.20. The summed E-state index contributed by atoms with van der Waals surface area (Å²) in [5.74, 6) is 0.280. The van der Waals surface area contributed by atoms with Crippen molar-refractivity contribution in [3.63, 3.8) is 0 Å². The molecule has 0 radical (unpaired) electrons. The normalized spacial score (nSPS) is 11.5. The van der Waals surface area contributed by atoms with E-state index in [2.05, 4.69) is 22.8 Å². The van der Waals surface area contributed by atoms with E-state index in [0.717, 1.165) is 38.7 Å². The molecule has 5 aromatic rings. The van der Waals surface area contributed by atoms with Crippen LogP contribution in [0.2, 0.25) is 0 Å². The molecule has 0 saturated heterocycles. The summed E-state index contributed by atoms with van der Waals surface area (Å²) >= 11 is 0. The van der Waals surface area contributed by atoms with Gasteiger partial charge < -0.3 is 9.67 Å². The second-order valence-corrected chi connectivity index (χ2v) is 7.26. The standard InChI is InChI=1S/C26H21N3O/c1-28-25-15-13-22(30)17-24(25)23-14-12-19(16-26(23)28)18-27-29(20-8-4-2-5-9-20)21-10-6-3-7-11-21/h2-18,30H,1H3/b27-18+. The number of hydrogen-bond acceptors (Lipinski definition) is 3. The van der Waals surface area contributed by atoms with E-state index in [1.807, 2.05) is 91.1 Å². The van der Waals surface area contributed by atoms with Crippen molar-refractivity contribution in [3.05, 3.63) is 103 Å². The SMILES string of the molecule is Cn1c2ccc(O)cc2c2ccc(/C=N/N(c3ccccc3)c3ccccc3)cc21. The maximum atomic E-state index is 9.88. The summed E-state index contributed by atoms with van der Waals surface area (Å²) in [6.07, 6.45) is 1.88. The van der Waals surface area contributed by atoms with E-state index in [1.54, 1.807) is 6.07 Å². The predicted molar refractivity (Wildman–Crippen MR) is 125 cm³/mol. The number of aromatic hydroxyl groups is 1. The smallest absolute Gasteiger partial charge is 0.116 e. The quantitative estimate of drug-likeness (QED) is 0.292. The Bertz CT molecular complexity index is 1320. The minimum atomic E-state index is 0.280. The van der Waals surface area contributed by atoms with Gasteiger partial charge in [0.15, 0.2) is 0 Å². The molecule has 1 aromatic heterocycles. The monoisotopic (exact) mass is 391 g/mol. The Kier molecular flexibility index (Phi) is 4.45. The first-order valence-corrected chi connectivity index (χ1v) is 9.86. The highest BCUT2D eigenvalue weighted by Crippen LogP contribution is 2.31. The van der Waals surface area contributed by atoms with Gasteiger partial charge in [0.1, 0.15) is 5.75 Å². The van der Waals surface area contributed by atoms with Crippen molar-refractivity contribution in [3.8, 4) is 5.75 Å². The van der Waals surface area contributed by atoms with Crippen LogP contribution in [0, 0.1) is 0 Å². The topological polar surface area (TPSA) is 40.8 Å². The zero-order valence-electron chi connectivity index (χ0n) is 16.6. The van der Waals surface area contributed by atoms with Crippen LogP contribution in [0.5, 0.6) is 5.75 Å². The first-order valence-electron chi connectivity index (χ1n) is 9.86. The minimum absolute atomic E-state index is 0.280. The van der Waals surface area contributed by atoms with Gasteiger partial charge in [-0.3, -0.25) is 0 Å². The fraction of sp³-hybridized carbons (Fsp3) is 0.0385. The molecule has 0 aliphatic carbocycles. The molecule has 146 valence electrons. The van der Waals surface area contributed by atoms with Gasteiger partial charge in [-0.15, -0.1) is 0 Å². The molecule has 4 aromatic carbocycles. The van der Waals surface area contributed by atoms with Crippen molar-refractivity contribution >= 4 is 39.4 Å². The average Bonchev–Trinajstić information content (AvgIpc) is 3.06. The van der Waals surface area contributed by atoms with Crippen LogP contribution in [0.15, 0.2) is 102 Å². The van der Waals surface area contributed by atoms with E-state index in [1.165, 1.54) is 0 Å². The number of benzene rings is 4. The largest absolute Gasteiger partial charge is 0.508 e. The van der Waals surface area contributed by atoms with Crippen LogP contribution >= 0.6 is 0 Å². The van der Waals surface area contributed by atoms with Crippen LogP contribution in [0.4, 0.5) is 11.4 Å². The first-order chi connectivity index (χ1) is 14.7. The molecule has 0 fully saturated rings. The first kappa shape index (κ1) is 18.0. The molecule has 30 heavy (non-hydrogen) atoms. The van der Waals surface area contributed by atoms with Gasteiger partial charge in [-0.2, -0.15) is 5.10 Å². The molecule has 5 rings (SSSR count). The summed E-state index contributed by atoms with van der Waals surface area (Å²) in [7, 11) is 2.04. The highest BCUT2D eigenvalue weighted by Gasteiger charge is 2.10. The predicted octanol–water partition coefficient (Wildman–Crippen LogP) is 6.21. The maximum absolute atomic E-state index is 9.88. The molecule has 0 aliphatic heterocycles. The van der Waals surface area contributed by atoms with Crippen LogP contribution in [0.3, 0.4) is 0 Å². The number of aromatic nitrogens is 1. The molecule has 4 nitrogen and oxygen atoms in total. The van der Waals surface area contributed by atoms with Crippen molar-refractivity contribution < 1.29 is 5.11 Å². The Morgan fingerprint density at radius 3 is 2.07 bits per heavy atom.